The van der Waals surface area contributed by atoms with E-state index >= 15 is 0 Å². The number of nitrogens with zero attached hydrogens (tertiary/aromatic N) is 1. The first-order valence-corrected chi connectivity index (χ1v) is 6.36. The number of ether oxygens (including phenoxy) is 2. The van der Waals surface area contributed by atoms with Gasteiger partial charge in [0.15, 0.2) is 0 Å². The average molecular weight is 246 g/mol. The molecular formula is C12H26N2O3. The summed E-state index contributed by atoms with van der Waals surface area (Å²) in [5, 5.41) is 13.3. The highest BCUT2D eigenvalue weighted by Crippen LogP contribution is 2.01. The average Bonchev–Trinajstić information content (AvgIpc) is 2.27. The van der Waals surface area contributed by atoms with Crippen LogP contribution in [0.5, 0.6) is 0 Å². The smallest absolute Gasteiger partial charge is 0.0900 e. The summed E-state index contributed by atoms with van der Waals surface area (Å²) in [5.74, 6) is 0. The number of hydrogen-bond acceptors (Lipinski definition) is 5. The quantitative estimate of drug-likeness (QED) is 0.645. The Hall–Kier alpha value is -0.200. The molecule has 0 spiro atoms. The highest BCUT2D eigenvalue weighted by molar-refractivity contribution is 4.76. The fourth-order valence-corrected chi connectivity index (χ4v) is 2.09. The lowest BCUT2D eigenvalue weighted by molar-refractivity contribution is -0.0411. The number of piperazine rings is 1. The van der Waals surface area contributed by atoms with Crippen LogP contribution in [0.4, 0.5) is 0 Å². The van der Waals surface area contributed by atoms with Gasteiger partial charge in [0.1, 0.15) is 0 Å². The summed E-state index contributed by atoms with van der Waals surface area (Å²) in [6, 6.07) is 0.504. The number of methoxy groups -OCH3 is 1. The van der Waals surface area contributed by atoms with E-state index in [4.69, 9.17) is 9.47 Å². The van der Waals surface area contributed by atoms with Gasteiger partial charge in [-0.2, -0.15) is 0 Å². The Morgan fingerprint density at radius 3 is 2.88 bits per heavy atom. The summed E-state index contributed by atoms with van der Waals surface area (Å²) in [4.78, 5) is 2.27. The second kappa shape index (κ2) is 8.00. The SMILES string of the molecule is COCC(C)OCC(O)CN1CCN[C@H](C)C1. The van der Waals surface area contributed by atoms with Gasteiger partial charge in [0, 0.05) is 39.3 Å². The van der Waals surface area contributed by atoms with Crippen molar-refractivity contribution in [1.82, 2.24) is 10.2 Å². The van der Waals surface area contributed by atoms with E-state index in [-0.39, 0.29) is 6.10 Å². The van der Waals surface area contributed by atoms with Crippen molar-refractivity contribution in [2.45, 2.75) is 32.1 Å². The van der Waals surface area contributed by atoms with E-state index in [0.717, 1.165) is 19.6 Å². The number of hydrogen-bond donors (Lipinski definition) is 2. The van der Waals surface area contributed by atoms with Crippen LogP contribution in [0.1, 0.15) is 13.8 Å². The molecule has 1 aliphatic rings. The van der Waals surface area contributed by atoms with E-state index in [1.165, 1.54) is 0 Å². The van der Waals surface area contributed by atoms with Crippen LogP contribution in [-0.2, 0) is 9.47 Å². The minimum absolute atomic E-state index is 0.0385. The Morgan fingerprint density at radius 2 is 2.24 bits per heavy atom. The molecule has 0 bridgehead atoms. The first-order valence-electron chi connectivity index (χ1n) is 6.36. The molecule has 17 heavy (non-hydrogen) atoms. The molecule has 5 heteroatoms. The van der Waals surface area contributed by atoms with Crippen molar-refractivity contribution in [2.75, 3.05) is 46.5 Å². The molecule has 102 valence electrons. The van der Waals surface area contributed by atoms with E-state index in [0.29, 0.717) is 25.8 Å². The van der Waals surface area contributed by atoms with Gasteiger partial charge < -0.3 is 19.9 Å². The second-order valence-electron chi connectivity index (χ2n) is 4.87. The van der Waals surface area contributed by atoms with Gasteiger partial charge in [-0.05, 0) is 13.8 Å². The number of rotatable bonds is 7. The molecular weight excluding hydrogens is 220 g/mol. The fraction of sp³-hybridized carbons (Fsp3) is 1.00. The predicted molar refractivity (Wildman–Crippen MR) is 67.2 cm³/mol. The maximum absolute atomic E-state index is 9.88. The molecule has 0 aromatic carbocycles. The summed E-state index contributed by atoms with van der Waals surface area (Å²) >= 11 is 0. The van der Waals surface area contributed by atoms with E-state index in [1.807, 2.05) is 6.92 Å². The van der Waals surface area contributed by atoms with Crippen molar-refractivity contribution in [3.8, 4) is 0 Å². The zero-order valence-electron chi connectivity index (χ0n) is 11.2. The molecule has 1 aliphatic heterocycles. The standard InChI is InChI=1S/C12H26N2O3/c1-10-6-14(5-4-13-10)7-12(15)9-17-11(2)8-16-3/h10-13,15H,4-9H2,1-3H3/t10-,11?,12?/m1/s1. The van der Waals surface area contributed by atoms with Gasteiger partial charge >= 0.3 is 0 Å². The van der Waals surface area contributed by atoms with Crippen LogP contribution in [0.2, 0.25) is 0 Å². The van der Waals surface area contributed by atoms with Crippen LogP contribution in [0.3, 0.4) is 0 Å². The van der Waals surface area contributed by atoms with Gasteiger partial charge in [-0.25, -0.2) is 0 Å². The lowest BCUT2D eigenvalue weighted by atomic mass is 10.2. The molecule has 0 amide bonds. The molecule has 1 saturated heterocycles. The Labute approximate surface area is 104 Å². The van der Waals surface area contributed by atoms with Gasteiger partial charge in [-0.3, -0.25) is 4.90 Å². The molecule has 0 saturated carbocycles. The lowest BCUT2D eigenvalue weighted by Crippen LogP contribution is -2.51. The highest BCUT2D eigenvalue weighted by atomic mass is 16.5. The van der Waals surface area contributed by atoms with E-state index in [9.17, 15) is 5.11 Å². The monoisotopic (exact) mass is 246 g/mol. The van der Waals surface area contributed by atoms with Crippen LogP contribution >= 0.6 is 0 Å². The Balaban J connectivity index is 2.13. The first kappa shape index (κ1) is 14.9. The number of aliphatic hydroxyl groups excluding tert-OH is 1. The summed E-state index contributed by atoms with van der Waals surface area (Å²) in [6.07, 6.45) is -0.379. The molecule has 0 aromatic heterocycles. The summed E-state index contributed by atoms with van der Waals surface area (Å²) < 4.78 is 10.5. The third kappa shape index (κ3) is 6.33. The second-order valence-corrected chi connectivity index (χ2v) is 4.87. The Morgan fingerprint density at radius 1 is 1.47 bits per heavy atom. The van der Waals surface area contributed by atoms with Crippen molar-refractivity contribution in [3.05, 3.63) is 0 Å². The van der Waals surface area contributed by atoms with Crippen LogP contribution in [0.15, 0.2) is 0 Å². The predicted octanol–water partition coefficient (Wildman–Crippen LogP) is -0.307. The Kier molecular flexibility index (Phi) is 6.99. The van der Waals surface area contributed by atoms with Crippen molar-refractivity contribution in [1.29, 1.82) is 0 Å². The molecule has 1 rings (SSSR count). The third-order valence-corrected chi connectivity index (χ3v) is 2.90. The Bertz CT molecular complexity index is 204. The van der Waals surface area contributed by atoms with Crippen molar-refractivity contribution in [2.24, 2.45) is 0 Å². The number of aliphatic hydroxyl groups is 1. The fourth-order valence-electron chi connectivity index (χ4n) is 2.09. The normalized spacial score (nSPS) is 25.8. The van der Waals surface area contributed by atoms with Crippen LogP contribution < -0.4 is 5.32 Å². The van der Waals surface area contributed by atoms with Crippen molar-refractivity contribution >= 4 is 0 Å². The van der Waals surface area contributed by atoms with Crippen LogP contribution in [0.25, 0.3) is 0 Å². The van der Waals surface area contributed by atoms with Gasteiger partial charge in [-0.15, -0.1) is 0 Å². The first-order chi connectivity index (χ1) is 8.11. The highest BCUT2D eigenvalue weighted by Gasteiger charge is 2.18. The van der Waals surface area contributed by atoms with Gasteiger partial charge in [0.25, 0.3) is 0 Å². The maximum atomic E-state index is 9.88. The summed E-state index contributed by atoms with van der Waals surface area (Å²) in [6.45, 7) is 8.72. The largest absolute Gasteiger partial charge is 0.389 e. The van der Waals surface area contributed by atoms with Crippen LogP contribution in [-0.4, -0.2) is 74.8 Å². The molecule has 0 radical (unpaired) electrons. The summed E-state index contributed by atoms with van der Waals surface area (Å²) in [5.41, 5.74) is 0. The topological polar surface area (TPSA) is 54.0 Å². The molecule has 5 nitrogen and oxygen atoms in total. The molecule has 2 N–H and O–H groups in total. The van der Waals surface area contributed by atoms with E-state index < -0.39 is 6.10 Å². The van der Waals surface area contributed by atoms with Crippen LogP contribution in [0, 0.1) is 0 Å². The van der Waals surface area contributed by atoms with Crippen molar-refractivity contribution in [3.63, 3.8) is 0 Å². The third-order valence-electron chi connectivity index (χ3n) is 2.90. The van der Waals surface area contributed by atoms with E-state index in [1.54, 1.807) is 7.11 Å². The molecule has 0 aromatic rings. The minimum atomic E-state index is -0.417. The molecule has 3 atom stereocenters. The van der Waals surface area contributed by atoms with Crippen molar-refractivity contribution < 1.29 is 14.6 Å². The molecule has 2 unspecified atom stereocenters. The number of nitrogens with one attached hydrogen (secondary N) is 1. The minimum Gasteiger partial charge on any atom is -0.389 e. The lowest BCUT2D eigenvalue weighted by Gasteiger charge is -2.33. The maximum Gasteiger partial charge on any atom is 0.0900 e. The van der Waals surface area contributed by atoms with E-state index in [2.05, 4.69) is 17.1 Å². The molecule has 1 heterocycles. The van der Waals surface area contributed by atoms with Gasteiger partial charge in [0.2, 0.25) is 0 Å². The van der Waals surface area contributed by atoms with Gasteiger partial charge in [-0.1, -0.05) is 0 Å². The zero-order chi connectivity index (χ0) is 12.7. The molecule has 0 aliphatic carbocycles. The number of β-amino-alcohol motifs (C(OH)–C–C–N with tert-alkyl or cyclic N) is 1. The molecule has 1 fully saturated rings. The van der Waals surface area contributed by atoms with Gasteiger partial charge in [0.05, 0.1) is 25.4 Å². The zero-order valence-corrected chi connectivity index (χ0v) is 11.2. The summed E-state index contributed by atoms with van der Waals surface area (Å²) in [7, 11) is 1.65.